The van der Waals surface area contributed by atoms with Crippen molar-refractivity contribution in [2.45, 2.75) is 19.4 Å². The first kappa shape index (κ1) is 18.3. The van der Waals surface area contributed by atoms with Gasteiger partial charge in [-0.1, -0.05) is 18.2 Å². The lowest BCUT2D eigenvalue weighted by atomic mass is 9.97. The third kappa shape index (κ3) is 2.32. The summed E-state index contributed by atoms with van der Waals surface area (Å²) in [5, 5.41) is 15.7. The first-order chi connectivity index (χ1) is 16.0. The van der Waals surface area contributed by atoms with E-state index in [0.29, 0.717) is 39.8 Å². The van der Waals surface area contributed by atoms with Gasteiger partial charge in [-0.15, -0.1) is 0 Å². The van der Waals surface area contributed by atoms with Crippen LogP contribution in [-0.2, 0) is 20.0 Å². The number of hydrogen-bond acceptors (Lipinski definition) is 5. The molecule has 0 aliphatic carbocycles. The number of aromatic hydroxyl groups is 1. The molecule has 8 nitrogen and oxygen atoms in total. The number of nitrogens with zero attached hydrogens (tertiary/aromatic N) is 3. The fraction of sp³-hybridized carbons (Fsp3) is 0.160. The smallest absolute Gasteiger partial charge is 0.259 e. The Morgan fingerprint density at radius 1 is 1.18 bits per heavy atom. The Bertz CT molecular complexity index is 1920. The number of pyridine rings is 2. The number of aryl methyl sites for hydroxylation is 3. The van der Waals surface area contributed by atoms with Crippen molar-refractivity contribution in [1.82, 2.24) is 19.3 Å². The van der Waals surface area contributed by atoms with Crippen molar-refractivity contribution in [3.8, 4) is 16.9 Å². The van der Waals surface area contributed by atoms with Crippen LogP contribution < -0.4 is 11.0 Å². The van der Waals surface area contributed by atoms with Crippen molar-refractivity contribution in [3.05, 3.63) is 68.7 Å². The molecule has 2 N–H and O–H groups in total. The second-order valence-corrected chi connectivity index (χ2v) is 8.63. The third-order valence-electron chi connectivity index (χ3n) is 6.69. The summed E-state index contributed by atoms with van der Waals surface area (Å²) in [5.41, 5.74) is 4.43. The molecule has 0 saturated carbocycles. The van der Waals surface area contributed by atoms with Gasteiger partial charge in [0.1, 0.15) is 16.8 Å². The summed E-state index contributed by atoms with van der Waals surface area (Å²) in [4.78, 5) is 30.5. The van der Waals surface area contributed by atoms with E-state index in [4.69, 9.17) is 9.40 Å². The maximum absolute atomic E-state index is 13.8. The SMILES string of the molecule is Cn1[nH]cc2c(-c3cc4cccc5c4n(c3=O)CCC5)c3oc4cc(=O)cc(O)c4c3nc21. The first-order valence-electron chi connectivity index (χ1n) is 10.8. The average molecular weight is 438 g/mol. The molecule has 0 atom stereocenters. The monoisotopic (exact) mass is 438 g/mol. The van der Waals surface area contributed by atoms with E-state index in [2.05, 4.69) is 11.2 Å². The molecule has 1 aliphatic heterocycles. The standard InChI is InChI=1S/C25H18N4O4/c1-28-24-16(11-26-28)19(23-21(27-24)20-17(31)9-14(30)10-18(20)33-23)15-8-13-5-2-4-12-6-3-7-29(22(12)13)25(15)32/h2,4-5,8-11,26,31H,3,6-7H2,1H3. The molecule has 8 heteroatoms. The second kappa shape index (κ2) is 6.13. The number of phenols is 1. The van der Waals surface area contributed by atoms with Gasteiger partial charge >= 0.3 is 0 Å². The molecule has 5 heterocycles. The van der Waals surface area contributed by atoms with Crippen LogP contribution in [0.2, 0.25) is 0 Å². The Kier molecular flexibility index (Phi) is 3.39. The van der Waals surface area contributed by atoms with E-state index in [1.807, 2.05) is 29.8 Å². The highest BCUT2D eigenvalue weighted by molar-refractivity contribution is 6.16. The van der Waals surface area contributed by atoms with Gasteiger partial charge in [0, 0.05) is 42.9 Å². The highest BCUT2D eigenvalue weighted by Gasteiger charge is 2.25. The third-order valence-corrected chi connectivity index (χ3v) is 6.69. The lowest BCUT2D eigenvalue weighted by Gasteiger charge is -2.20. The number of nitrogens with one attached hydrogen (secondary N) is 1. The molecule has 7 rings (SSSR count). The van der Waals surface area contributed by atoms with E-state index in [0.717, 1.165) is 35.2 Å². The van der Waals surface area contributed by atoms with Crippen molar-refractivity contribution in [3.63, 3.8) is 0 Å². The van der Waals surface area contributed by atoms with Crippen LogP contribution in [0.4, 0.5) is 0 Å². The molecule has 0 saturated heterocycles. The van der Waals surface area contributed by atoms with Crippen LogP contribution in [0.5, 0.6) is 5.75 Å². The van der Waals surface area contributed by atoms with Crippen LogP contribution in [0, 0.1) is 0 Å². The van der Waals surface area contributed by atoms with E-state index in [9.17, 15) is 14.7 Å². The Balaban J connectivity index is 1.72. The number of fused-ring (bicyclic) bond motifs is 4. The summed E-state index contributed by atoms with van der Waals surface area (Å²) in [6, 6.07) is 10.5. The van der Waals surface area contributed by atoms with Gasteiger partial charge in [0.05, 0.1) is 16.5 Å². The molecule has 0 radical (unpaired) electrons. The van der Waals surface area contributed by atoms with Gasteiger partial charge in [-0.05, 0) is 29.9 Å². The number of hydrogen-bond donors (Lipinski definition) is 2. The number of furan rings is 1. The lowest BCUT2D eigenvalue weighted by molar-refractivity contribution is 0.481. The number of aromatic amines is 1. The first-order valence-corrected chi connectivity index (χ1v) is 10.8. The molecule has 0 unspecified atom stereocenters. The number of benzene rings is 2. The summed E-state index contributed by atoms with van der Waals surface area (Å²) in [6.07, 6.45) is 3.65. The van der Waals surface area contributed by atoms with Gasteiger partial charge in [-0.3, -0.25) is 14.3 Å². The molecule has 4 aromatic heterocycles. The quantitative estimate of drug-likeness (QED) is 0.406. The second-order valence-electron chi connectivity index (χ2n) is 8.63. The highest BCUT2D eigenvalue weighted by Crippen LogP contribution is 2.41. The summed E-state index contributed by atoms with van der Waals surface area (Å²) in [5.74, 6) is -0.192. The molecular formula is C25H18N4O4. The van der Waals surface area contributed by atoms with Gasteiger partial charge in [0.15, 0.2) is 16.7 Å². The minimum absolute atomic E-state index is 0.0958. The largest absolute Gasteiger partial charge is 0.507 e. The Morgan fingerprint density at radius 2 is 2.06 bits per heavy atom. The molecule has 33 heavy (non-hydrogen) atoms. The molecular weight excluding hydrogens is 420 g/mol. The van der Waals surface area contributed by atoms with Crippen LogP contribution in [0.15, 0.2) is 56.6 Å². The van der Waals surface area contributed by atoms with Gasteiger partial charge in [-0.25, -0.2) is 4.98 Å². The fourth-order valence-corrected chi connectivity index (χ4v) is 5.27. The van der Waals surface area contributed by atoms with Gasteiger partial charge < -0.3 is 19.2 Å². The Hall–Kier alpha value is -4.33. The number of rotatable bonds is 1. The van der Waals surface area contributed by atoms with E-state index in [-0.39, 0.29) is 22.3 Å². The van der Waals surface area contributed by atoms with Gasteiger partial charge in [0.2, 0.25) is 0 Å². The zero-order valence-corrected chi connectivity index (χ0v) is 17.7. The van der Waals surface area contributed by atoms with Crippen LogP contribution in [0.1, 0.15) is 12.0 Å². The van der Waals surface area contributed by atoms with Crippen LogP contribution in [0.25, 0.3) is 55.1 Å². The van der Waals surface area contributed by atoms with Crippen molar-refractivity contribution < 1.29 is 9.52 Å². The summed E-state index contributed by atoms with van der Waals surface area (Å²) < 4.78 is 9.70. The summed E-state index contributed by atoms with van der Waals surface area (Å²) in [7, 11) is 1.83. The molecule has 0 spiro atoms. The Labute approximate surface area is 185 Å². The maximum Gasteiger partial charge on any atom is 0.259 e. The van der Waals surface area contributed by atoms with E-state index < -0.39 is 0 Å². The zero-order chi connectivity index (χ0) is 22.4. The van der Waals surface area contributed by atoms with E-state index in [1.54, 1.807) is 10.9 Å². The van der Waals surface area contributed by atoms with Crippen LogP contribution in [-0.4, -0.2) is 24.4 Å². The minimum atomic E-state index is -0.360. The minimum Gasteiger partial charge on any atom is -0.507 e. The molecule has 0 bridgehead atoms. The van der Waals surface area contributed by atoms with E-state index in [1.165, 1.54) is 11.6 Å². The molecule has 1 aliphatic rings. The number of phenolic OH excluding ortho intramolecular Hbond substituents is 1. The molecule has 162 valence electrons. The number of para-hydroxylation sites is 1. The highest BCUT2D eigenvalue weighted by atomic mass is 16.3. The summed E-state index contributed by atoms with van der Waals surface area (Å²) >= 11 is 0. The normalized spacial score (nSPS) is 13.6. The lowest BCUT2D eigenvalue weighted by Crippen LogP contribution is -2.25. The molecule has 6 aromatic rings. The molecule has 0 amide bonds. The van der Waals surface area contributed by atoms with Crippen LogP contribution in [0.3, 0.4) is 0 Å². The number of H-pyrrole nitrogens is 1. The molecule has 0 fully saturated rings. The topological polar surface area (TPSA) is 106 Å². The number of aromatic nitrogens is 4. The van der Waals surface area contributed by atoms with E-state index >= 15 is 0 Å². The fourth-order valence-electron chi connectivity index (χ4n) is 5.27. The average Bonchev–Trinajstić information content (AvgIpc) is 3.35. The van der Waals surface area contributed by atoms with Crippen molar-refractivity contribution in [2.75, 3.05) is 0 Å². The maximum atomic E-state index is 13.8. The molecule has 2 aromatic carbocycles. The van der Waals surface area contributed by atoms with Crippen LogP contribution >= 0.6 is 0 Å². The predicted octanol–water partition coefficient (Wildman–Crippen LogP) is 3.79. The van der Waals surface area contributed by atoms with Crippen molar-refractivity contribution >= 4 is 44.0 Å². The Morgan fingerprint density at radius 3 is 2.94 bits per heavy atom. The predicted molar refractivity (Wildman–Crippen MR) is 126 cm³/mol. The van der Waals surface area contributed by atoms with Crippen molar-refractivity contribution in [2.24, 2.45) is 7.05 Å². The van der Waals surface area contributed by atoms with Crippen molar-refractivity contribution in [1.29, 1.82) is 0 Å². The zero-order valence-electron chi connectivity index (χ0n) is 17.7. The summed E-state index contributed by atoms with van der Waals surface area (Å²) in [6.45, 7) is 0.652. The van der Waals surface area contributed by atoms with Gasteiger partial charge in [0.25, 0.3) is 5.56 Å². The van der Waals surface area contributed by atoms with Gasteiger partial charge in [-0.2, -0.15) is 0 Å².